The number of nitrogens with zero attached hydrogens (tertiary/aromatic N) is 2. The Kier molecular flexibility index (Phi) is 5.03. The summed E-state index contributed by atoms with van der Waals surface area (Å²) in [5.41, 5.74) is 0. The van der Waals surface area contributed by atoms with Crippen LogP contribution in [0.25, 0.3) is 0 Å². The minimum Gasteiger partial charge on any atom is -0.349 e. The molecule has 0 saturated carbocycles. The molecule has 0 spiro atoms. The molecule has 0 aliphatic rings. The van der Waals surface area contributed by atoms with Gasteiger partial charge in [0.2, 0.25) is 11.9 Å². The van der Waals surface area contributed by atoms with Gasteiger partial charge in [-0.2, -0.15) is 0 Å². The monoisotopic (exact) mass is 188 g/mol. The third-order valence-electron chi connectivity index (χ3n) is 1.96. The summed E-state index contributed by atoms with van der Waals surface area (Å²) in [7, 11) is 3.30. The van der Waals surface area contributed by atoms with Crippen LogP contribution in [0.2, 0.25) is 0 Å². The lowest BCUT2D eigenvalue weighted by Crippen LogP contribution is -2.25. The van der Waals surface area contributed by atoms with Crippen molar-refractivity contribution in [3.8, 4) is 0 Å². The maximum absolute atomic E-state index is 11.1. The second-order valence-corrected chi connectivity index (χ2v) is 3.17. The number of hydrogen-bond acceptors (Lipinski definition) is 3. The molecular weight excluding hydrogens is 172 g/mol. The Bertz CT molecular complexity index is 192. The normalized spacial score (nSPS) is 12.2. The van der Waals surface area contributed by atoms with E-state index < -0.39 is 6.04 Å². The quantitative estimate of drug-likeness (QED) is 0.476. The van der Waals surface area contributed by atoms with E-state index in [0.29, 0.717) is 12.8 Å². The van der Waals surface area contributed by atoms with Gasteiger partial charge in [-0.15, -0.1) is 0 Å². The fraction of sp³-hybridized carbons (Fsp3) is 0.875. The van der Waals surface area contributed by atoms with Gasteiger partial charge in [-0.1, -0.05) is 6.92 Å². The number of carbonyl (C=O) groups excluding carboxylic acids is 1. The van der Waals surface area contributed by atoms with Gasteiger partial charge in [0.1, 0.15) is 0 Å². The Morgan fingerprint density at radius 1 is 1.54 bits per heavy atom. The van der Waals surface area contributed by atoms with Gasteiger partial charge in [0.25, 0.3) is 0 Å². The molecule has 0 aromatic carbocycles. The Morgan fingerprint density at radius 3 is 2.38 bits per heavy atom. The van der Waals surface area contributed by atoms with Gasteiger partial charge in [0.15, 0.2) is 0 Å². The summed E-state index contributed by atoms with van der Waals surface area (Å²) >= 11 is 0. The fourth-order valence-corrected chi connectivity index (χ4v) is 0.972. The zero-order valence-electron chi connectivity index (χ0n) is 8.32. The lowest BCUT2D eigenvalue weighted by atomic mass is 10.1. The predicted molar refractivity (Wildman–Crippen MR) is 49.0 cm³/mol. The van der Waals surface area contributed by atoms with Crippen molar-refractivity contribution in [2.45, 2.75) is 32.2 Å². The van der Waals surface area contributed by atoms with E-state index in [2.05, 4.69) is 0 Å². The summed E-state index contributed by atoms with van der Waals surface area (Å²) in [6.07, 6.45) is 1.07. The van der Waals surface area contributed by atoms with Gasteiger partial charge in [0.05, 0.1) is 0 Å². The summed E-state index contributed by atoms with van der Waals surface area (Å²) in [5.74, 6) is -0.0553. The number of hydrogen-bond donors (Lipinski definition) is 0. The highest BCUT2D eigenvalue weighted by Crippen LogP contribution is 2.06. The van der Waals surface area contributed by atoms with Gasteiger partial charge in [-0.3, -0.25) is 14.9 Å². The molecule has 0 bridgehead atoms. The highest BCUT2D eigenvalue weighted by atomic mass is 16.6. The lowest BCUT2D eigenvalue weighted by molar-refractivity contribution is -0.523. The van der Waals surface area contributed by atoms with Crippen LogP contribution in [0, 0.1) is 10.1 Å². The average Bonchev–Trinajstić information content (AvgIpc) is 2.04. The molecule has 0 heterocycles. The van der Waals surface area contributed by atoms with Crippen molar-refractivity contribution in [3.05, 3.63) is 10.1 Å². The molecule has 1 amide bonds. The van der Waals surface area contributed by atoms with Gasteiger partial charge in [-0.05, 0) is 0 Å². The van der Waals surface area contributed by atoms with E-state index in [1.807, 2.05) is 0 Å². The van der Waals surface area contributed by atoms with Crippen LogP contribution in [0.5, 0.6) is 0 Å². The predicted octanol–water partition coefficient (Wildman–Crippen LogP) is 0.910. The second kappa shape index (κ2) is 5.50. The lowest BCUT2D eigenvalue weighted by Gasteiger charge is -2.11. The minimum absolute atomic E-state index is 0.0553. The smallest absolute Gasteiger partial charge is 0.222 e. The Labute approximate surface area is 77.9 Å². The number of amides is 1. The fourth-order valence-electron chi connectivity index (χ4n) is 0.972. The van der Waals surface area contributed by atoms with Gasteiger partial charge < -0.3 is 4.90 Å². The van der Waals surface area contributed by atoms with Crippen molar-refractivity contribution in [3.63, 3.8) is 0 Å². The molecule has 0 rings (SSSR count). The first-order valence-corrected chi connectivity index (χ1v) is 4.32. The standard InChI is InChI=1S/C8H16N2O3/c1-4-7(10(12)13)5-6-8(11)9(2)3/h7H,4-6H2,1-3H3. The molecule has 13 heavy (non-hydrogen) atoms. The van der Waals surface area contributed by atoms with Gasteiger partial charge >= 0.3 is 0 Å². The molecule has 0 radical (unpaired) electrons. The molecule has 0 aromatic rings. The number of nitro groups is 1. The molecule has 5 heteroatoms. The van der Waals surface area contributed by atoms with Gasteiger partial charge in [0, 0.05) is 38.3 Å². The SMILES string of the molecule is CCC(CCC(=O)N(C)C)[N+](=O)[O-]. The number of rotatable bonds is 5. The van der Waals surface area contributed by atoms with Crippen molar-refractivity contribution in [1.29, 1.82) is 0 Å². The summed E-state index contributed by atoms with van der Waals surface area (Å²) < 4.78 is 0. The summed E-state index contributed by atoms with van der Waals surface area (Å²) in [6.45, 7) is 1.76. The van der Waals surface area contributed by atoms with E-state index in [0.717, 1.165) is 0 Å². The van der Waals surface area contributed by atoms with Crippen molar-refractivity contribution >= 4 is 5.91 Å². The molecule has 0 saturated heterocycles. The summed E-state index contributed by atoms with van der Waals surface area (Å²) in [4.78, 5) is 22.6. The second-order valence-electron chi connectivity index (χ2n) is 3.17. The first-order chi connectivity index (χ1) is 5.99. The van der Waals surface area contributed by atoms with Crippen molar-refractivity contribution in [1.82, 2.24) is 4.90 Å². The zero-order chi connectivity index (χ0) is 10.4. The largest absolute Gasteiger partial charge is 0.349 e. The van der Waals surface area contributed by atoms with Crippen LogP contribution in [0.15, 0.2) is 0 Å². The van der Waals surface area contributed by atoms with Crippen molar-refractivity contribution in [2.75, 3.05) is 14.1 Å². The first kappa shape index (κ1) is 11.9. The number of carbonyl (C=O) groups is 1. The molecule has 0 aliphatic heterocycles. The first-order valence-electron chi connectivity index (χ1n) is 4.32. The van der Waals surface area contributed by atoms with Crippen molar-refractivity contribution < 1.29 is 9.72 Å². The molecule has 1 unspecified atom stereocenters. The van der Waals surface area contributed by atoms with E-state index in [-0.39, 0.29) is 17.3 Å². The van der Waals surface area contributed by atoms with E-state index in [1.165, 1.54) is 4.90 Å². The Hall–Kier alpha value is -1.13. The molecule has 0 aromatic heterocycles. The molecule has 0 N–H and O–H groups in total. The van der Waals surface area contributed by atoms with Gasteiger partial charge in [-0.25, -0.2) is 0 Å². The van der Waals surface area contributed by atoms with Crippen LogP contribution >= 0.6 is 0 Å². The van der Waals surface area contributed by atoms with Crippen LogP contribution < -0.4 is 0 Å². The van der Waals surface area contributed by atoms with E-state index in [4.69, 9.17) is 0 Å². The highest BCUT2D eigenvalue weighted by molar-refractivity contribution is 5.75. The van der Waals surface area contributed by atoms with E-state index in [9.17, 15) is 14.9 Å². The maximum Gasteiger partial charge on any atom is 0.222 e. The Morgan fingerprint density at radius 2 is 2.08 bits per heavy atom. The van der Waals surface area contributed by atoms with E-state index in [1.54, 1.807) is 21.0 Å². The highest BCUT2D eigenvalue weighted by Gasteiger charge is 2.18. The molecule has 0 aliphatic carbocycles. The van der Waals surface area contributed by atoms with Crippen LogP contribution in [-0.4, -0.2) is 35.9 Å². The summed E-state index contributed by atoms with van der Waals surface area (Å²) in [5, 5.41) is 10.4. The van der Waals surface area contributed by atoms with Crippen LogP contribution in [0.1, 0.15) is 26.2 Å². The molecule has 5 nitrogen and oxygen atoms in total. The average molecular weight is 188 g/mol. The third-order valence-corrected chi connectivity index (χ3v) is 1.96. The molecular formula is C8H16N2O3. The third kappa shape index (κ3) is 4.45. The van der Waals surface area contributed by atoms with Crippen LogP contribution in [0.3, 0.4) is 0 Å². The van der Waals surface area contributed by atoms with Crippen molar-refractivity contribution in [2.24, 2.45) is 0 Å². The minimum atomic E-state index is -0.580. The molecule has 0 fully saturated rings. The van der Waals surface area contributed by atoms with Crippen LogP contribution in [0.4, 0.5) is 0 Å². The summed E-state index contributed by atoms with van der Waals surface area (Å²) in [6, 6.07) is -0.580. The Balaban J connectivity index is 3.85. The topological polar surface area (TPSA) is 63.5 Å². The maximum atomic E-state index is 11.1. The molecule has 76 valence electrons. The van der Waals surface area contributed by atoms with Crippen LogP contribution in [-0.2, 0) is 4.79 Å². The van der Waals surface area contributed by atoms with E-state index >= 15 is 0 Å². The zero-order valence-corrected chi connectivity index (χ0v) is 8.32. The molecule has 1 atom stereocenters.